The molecule has 1 saturated heterocycles. The van der Waals surface area contributed by atoms with Gasteiger partial charge in [-0.1, -0.05) is 30.3 Å². The SMILES string of the molecule is CCNc1ncc(CN2CCCC3(CCc4cnc(-c5ccccc5)nc43)C2)cn1. The number of hydrogen-bond acceptors (Lipinski definition) is 6. The largest absolute Gasteiger partial charge is 0.355 e. The maximum Gasteiger partial charge on any atom is 0.222 e. The molecule has 6 heteroatoms. The Morgan fingerprint density at radius 1 is 1.03 bits per heavy atom. The number of aryl methyl sites for hydroxylation is 1. The third kappa shape index (κ3) is 3.67. The lowest BCUT2D eigenvalue weighted by molar-refractivity contribution is 0.136. The maximum absolute atomic E-state index is 5.10. The van der Waals surface area contributed by atoms with E-state index in [2.05, 4.69) is 50.4 Å². The van der Waals surface area contributed by atoms with Crippen LogP contribution in [0.5, 0.6) is 0 Å². The van der Waals surface area contributed by atoms with Crippen molar-refractivity contribution in [2.75, 3.05) is 25.0 Å². The number of nitrogens with one attached hydrogen (secondary N) is 1. The smallest absolute Gasteiger partial charge is 0.222 e. The van der Waals surface area contributed by atoms with Crippen LogP contribution in [0.2, 0.25) is 0 Å². The van der Waals surface area contributed by atoms with Crippen LogP contribution >= 0.6 is 0 Å². The van der Waals surface area contributed by atoms with Crippen molar-refractivity contribution >= 4 is 5.95 Å². The number of benzene rings is 1. The fourth-order valence-electron chi connectivity index (χ4n) is 4.97. The molecule has 1 aliphatic heterocycles. The maximum atomic E-state index is 5.10. The minimum absolute atomic E-state index is 0.143. The van der Waals surface area contributed by atoms with Crippen LogP contribution in [0.3, 0.4) is 0 Å². The van der Waals surface area contributed by atoms with Crippen molar-refractivity contribution in [1.82, 2.24) is 24.8 Å². The third-order valence-electron chi connectivity index (χ3n) is 6.37. The molecule has 1 aromatic carbocycles. The molecule has 1 spiro atoms. The van der Waals surface area contributed by atoms with Gasteiger partial charge in [-0.15, -0.1) is 0 Å². The first-order valence-corrected chi connectivity index (χ1v) is 10.9. The molecule has 1 fully saturated rings. The van der Waals surface area contributed by atoms with Gasteiger partial charge >= 0.3 is 0 Å². The van der Waals surface area contributed by atoms with Crippen molar-refractivity contribution in [2.24, 2.45) is 0 Å². The predicted molar refractivity (Wildman–Crippen MR) is 118 cm³/mol. The molecular formula is C24H28N6. The lowest BCUT2D eigenvalue weighted by Crippen LogP contribution is -2.45. The van der Waals surface area contributed by atoms with Crippen LogP contribution in [-0.2, 0) is 18.4 Å². The van der Waals surface area contributed by atoms with Crippen molar-refractivity contribution in [3.63, 3.8) is 0 Å². The molecule has 1 atom stereocenters. The van der Waals surface area contributed by atoms with E-state index in [1.165, 1.54) is 36.1 Å². The fraction of sp³-hybridized carbons (Fsp3) is 0.417. The minimum Gasteiger partial charge on any atom is -0.355 e. The normalized spacial score (nSPS) is 21.0. The summed E-state index contributed by atoms with van der Waals surface area (Å²) >= 11 is 0. The zero-order valence-electron chi connectivity index (χ0n) is 17.5. The van der Waals surface area contributed by atoms with Crippen molar-refractivity contribution < 1.29 is 0 Å². The second-order valence-electron chi connectivity index (χ2n) is 8.47. The minimum atomic E-state index is 0.143. The Morgan fingerprint density at radius 2 is 1.87 bits per heavy atom. The summed E-state index contributed by atoms with van der Waals surface area (Å²) in [6.07, 6.45) is 10.6. The quantitative estimate of drug-likeness (QED) is 0.702. The van der Waals surface area contributed by atoms with Crippen LogP contribution in [-0.4, -0.2) is 44.5 Å². The summed E-state index contributed by atoms with van der Waals surface area (Å²) in [5, 5.41) is 3.16. The summed E-state index contributed by atoms with van der Waals surface area (Å²) in [7, 11) is 0. The number of fused-ring (bicyclic) bond motifs is 2. The van der Waals surface area contributed by atoms with Gasteiger partial charge in [-0.05, 0) is 44.7 Å². The highest BCUT2D eigenvalue weighted by Crippen LogP contribution is 2.44. The van der Waals surface area contributed by atoms with E-state index in [4.69, 9.17) is 4.98 Å². The number of rotatable bonds is 5. The van der Waals surface area contributed by atoms with Crippen molar-refractivity contribution in [1.29, 1.82) is 0 Å². The Hall–Kier alpha value is -2.86. The number of hydrogen-bond donors (Lipinski definition) is 1. The van der Waals surface area contributed by atoms with E-state index < -0.39 is 0 Å². The molecule has 3 heterocycles. The van der Waals surface area contributed by atoms with Crippen molar-refractivity contribution in [3.05, 3.63) is 65.7 Å². The highest BCUT2D eigenvalue weighted by atomic mass is 15.2. The Morgan fingerprint density at radius 3 is 2.67 bits per heavy atom. The molecule has 3 aromatic rings. The van der Waals surface area contributed by atoms with E-state index in [9.17, 15) is 0 Å². The van der Waals surface area contributed by atoms with Crippen LogP contribution in [0.1, 0.15) is 43.0 Å². The van der Waals surface area contributed by atoms with Crippen molar-refractivity contribution in [3.8, 4) is 11.4 Å². The monoisotopic (exact) mass is 400 g/mol. The van der Waals surface area contributed by atoms with E-state index in [-0.39, 0.29) is 5.41 Å². The van der Waals surface area contributed by atoms with E-state index in [1.54, 1.807) is 0 Å². The average molecular weight is 401 g/mol. The van der Waals surface area contributed by atoms with Gasteiger partial charge in [-0.3, -0.25) is 4.90 Å². The molecule has 6 nitrogen and oxygen atoms in total. The van der Waals surface area contributed by atoms with Crippen LogP contribution < -0.4 is 5.32 Å². The van der Waals surface area contributed by atoms with Gasteiger partial charge in [-0.2, -0.15) is 0 Å². The van der Waals surface area contributed by atoms with E-state index >= 15 is 0 Å². The molecule has 0 radical (unpaired) electrons. The Labute approximate surface area is 177 Å². The Bertz CT molecular complexity index is 1000. The summed E-state index contributed by atoms with van der Waals surface area (Å²) in [4.78, 5) is 21.2. The zero-order chi connectivity index (χ0) is 20.4. The number of aromatic nitrogens is 4. The van der Waals surface area contributed by atoms with E-state index in [1.807, 2.05) is 30.6 Å². The lowest BCUT2D eigenvalue weighted by atomic mass is 9.77. The van der Waals surface area contributed by atoms with Gasteiger partial charge in [0.1, 0.15) is 0 Å². The number of anilines is 1. The molecule has 2 aromatic heterocycles. The van der Waals surface area contributed by atoms with Gasteiger partial charge in [0.2, 0.25) is 5.95 Å². The summed E-state index contributed by atoms with van der Waals surface area (Å²) in [6, 6.07) is 10.3. The molecule has 1 N–H and O–H groups in total. The first-order valence-electron chi connectivity index (χ1n) is 10.9. The molecule has 154 valence electrons. The van der Waals surface area contributed by atoms with Gasteiger partial charge in [0.15, 0.2) is 5.82 Å². The van der Waals surface area contributed by atoms with Gasteiger partial charge < -0.3 is 5.32 Å². The summed E-state index contributed by atoms with van der Waals surface area (Å²) in [6.45, 7) is 5.93. The second-order valence-corrected chi connectivity index (χ2v) is 8.47. The zero-order valence-corrected chi connectivity index (χ0v) is 17.5. The van der Waals surface area contributed by atoms with Gasteiger partial charge in [0.05, 0.1) is 5.69 Å². The molecule has 1 aliphatic carbocycles. The van der Waals surface area contributed by atoms with Gasteiger partial charge in [0.25, 0.3) is 0 Å². The average Bonchev–Trinajstić information content (AvgIpc) is 3.13. The molecule has 30 heavy (non-hydrogen) atoms. The first kappa shape index (κ1) is 19.1. The standard InChI is InChI=1S/C24H28N6/c1-2-25-23-27-13-18(14-28-23)16-30-12-6-10-24(17-30)11-9-20-15-26-22(29-21(20)24)19-7-4-3-5-8-19/h3-5,7-8,13-15H,2,6,9-12,16-17H2,1H3,(H,25,27,28). The molecule has 1 unspecified atom stereocenters. The molecular weight excluding hydrogens is 372 g/mol. The Balaban J connectivity index is 1.37. The van der Waals surface area contributed by atoms with Gasteiger partial charge in [-0.25, -0.2) is 19.9 Å². The number of likely N-dealkylation sites (tertiary alicyclic amines) is 1. The molecule has 2 aliphatic rings. The first-order chi connectivity index (χ1) is 14.8. The molecule has 5 rings (SSSR count). The van der Waals surface area contributed by atoms with Crippen LogP contribution in [0.25, 0.3) is 11.4 Å². The van der Waals surface area contributed by atoms with Crippen molar-refractivity contribution in [2.45, 2.75) is 44.6 Å². The fourth-order valence-corrected chi connectivity index (χ4v) is 4.97. The topological polar surface area (TPSA) is 66.8 Å². The highest BCUT2D eigenvalue weighted by molar-refractivity contribution is 5.55. The van der Waals surface area contributed by atoms with Gasteiger partial charge in [0, 0.05) is 54.8 Å². The molecule has 0 bridgehead atoms. The number of nitrogens with zero attached hydrogens (tertiary/aromatic N) is 5. The summed E-state index contributed by atoms with van der Waals surface area (Å²) < 4.78 is 0. The number of piperidine rings is 1. The predicted octanol–water partition coefficient (Wildman–Crippen LogP) is 3.85. The van der Waals surface area contributed by atoms with Crippen LogP contribution in [0.15, 0.2) is 48.9 Å². The molecule has 0 saturated carbocycles. The van der Waals surface area contributed by atoms with Crippen LogP contribution in [0, 0.1) is 0 Å². The Kier molecular flexibility index (Phi) is 5.17. The van der Waals surface area contributed by atoms with Crippen LogP contribution in [0.4, 0.5) is 5.95 Å². The highest BCUT2D eigenvalue weighted by Gasteiger charge is 2.43. The van der Waals surface area contributed by atoms with E-state index in [0.717, 1.165) is 44.0 Å². The molecule has 0 amide bonds. The van der Waals surface area contributed by atoms with E-state index in [0.29, 0.717) is 5.95 Å². The summed E-state index contributed by atoms with van der Waals surface area (Å²) in [5.41, 5.74) is 5.01. The third-order valence-corrected chi connectivity index (χ3v) is 6.37. The second kappa shape index (κ2) is 8.11. The summed E-state index contributed by atoms with van der Waals surface area (Å²) in [5.74, 6) is 1.55. The lowest BCUT2D eigenvalue weighted by Gasteiger charge is -2.40.